The monoisotopic (exact) mass is 416 g/mol. The van der Waals surface area contributed by atoms with E-state index >= 15 is 0 Å². The van der Waals surface area contributed by atoms with E-state index in [1.54, 1.807) is 18.3 Å². The number of halogens is 1. The summed E-state index contributed by atoms with van der Waals surface area (Å²) in [5, 5.41) is 3.65. The van der Waals surface area contributed by atoms with Crippen molar-refractivity contribution in [3.8, 4) is 17.2 Å². The molecule has 1 aliphatic carbocycles. The minimum atomic E-state index is -0.0314. The SMILES string of the molecule is Cc1ncccc1OC1CCC(NC(=O)Cc2cc3c(cc2Cl)OCCO3)CC1. The van der Waals surface area contributed by atoms with Crippen molar-refractivity contribution in [3.63, 3.8) is 0 Å². The maximum Gasteiger partial charge on any atom is 0.224 e. The zero-order valence-corrected chi connectivity index (χ0v) is 17.2. The van der Waals surface area contributed by atoms with Gasteiger partial charge in [-0.15, -0.1) is 0 Å². The normalized spacial score (nSPS) is 20.8. The second-order valence-electron chi connectivity index (χ2n) is 7.51. The van der Waals surface area contributed by atoms with Crippen LogP contribution in [-0.4, -0.2) is 36.3 Å². The molecule has 0 saturated heterocycles. The number of aryl methyl sites for hydroxylation is 1. The van der Waals surface area contributed by atoms with Gasteiger partial charge in [-0.05, 0) is 56.4 Å². The van der Waals surface area contributed by atoms with Gasteiger partial charge in [0, 0.05) is 23.3 Å². The topological polar surface area (TPSA) is 69.7 Å². The lowest BCUT2D eigenvalue weighted by Gasteiger charge is -2.30. The van der Waals surface area contributed by atoms with Crippen LogP contribution >= 0.6 is 11.6 Å². The number of ether oxygens (including phenoxy) is 3. The smallest absolute Gasteiger partial charge is 0.224 e. The fourth-order valence-electron chi connectivity index (χ4n) is 3.79. The Morgan fingerprint density at radius 2 is 1.93 bits per heavy atom. The molecule has 2 aliphatic rings. The molecule has 154 valence electrons. The number of amides is 1. The van der Waals surface area contributed by atoms with E-state index in [1.165, 1.54) is 0 Å². The Balaban J connectivity index is 1.27. The standard InChI is InChI=1S/C22H25ClN2O4/c1-14-19(3-2-8-24-14)29-17-6-4-16(5-7-17)25-22(26)12-15-11-20-21(13-18(15)23)28-10-9-27-20/h2-3,8,11,13,16-17H,4-7,9-10,12H2,1H3,(H,25,26). The third-order valence-corrected chi connectivity index (χ3v) is 5.71. The Morgan fingerprint density at radius 1 is 1.21 bits per heavy atom. The highest BCUT2D eigenvalue weighted by Crippen LogP contribution is 2.35. The average molecular weight is 417 g/mol. The first kappa shape index (κ1) is 19.8. The summed E-state index contributed by atoms with van der Waals surface area (Å²) in [5.74, 6) is 2.09. The lowest BCUT2D eigenvalue weighted by atomic mass is 9.92. The van der Waals surface area contributed by atoms with Gasteiger partial charge in [-0.3, -0.25) is 9.78 Å². The molecule has 6 nitrogen and oxygen atoms in total. The molecule has 1 fully saturated rings. The molecule has 2 aromatic rings. The molecule has 1 saturated carbocycles. The van der Waals surface area contributed by atoms with E-state index in [9.17, 15) is 4.79 Å². The number of rotatable bonds is 5. The predicted molar refractivity (Wildman–Crippen MR) is 110 cm³/mol. The van der Waals surface area contributed by atoms with Gasteiger partial charge in [-0.1, -0.05) is 11.6 Å². The van der Waals surface area contributed by atoms with Gasteiger partial charge in [0.05, 0.1) is 18.2 Å². The number of carbonyl (C=O) groups is 1. The van der Waals surface area contributed by atoms with Gasteiger partial charge in [-0.2, -0.15) is 0 Å². The molecule has 7 heteroatoms. The zero-order valence-electron chi connectivity index (χ0n) is 16.4. The Kier molecular flexibility index (Phi) is 6.09. The van der Waals surface area contributed by atoms with Crippen molar-refractivity contribution in [2.45, 2.75) is 51.2 Å². The van der Waals surface area contributed by atoms with Crippen LogP contribution in [0.4, 0.5) is 0 Å². The fourth-order valence-corrected chi connectivity index (χ4v) is 4.01. The molecule has 0 unspecified atom stereocenters. The van der Waals surface area contributed by atoms with Gasteiger partial charge < -0.3 is 19.5 Å². The largest absolute Gasteiger partial charge is 0.489 e. The number of carbonyl (C=O) groups excluding carboxylic acids is 1. The van der Waals surface area contributed by atoms with E-state index in [0.29, 0.717) is 29.7 Å². The van der Waals surface area contributed by atoms with Crippen LogP contribution in [-0.2, 0) is 11.2 Å². The van der Waals surface area contributed by atoms with Crippen LogP contribution in [0.15, 0.2) is 30.5 Å². The maximum absolute atomic E-state index is 12.5. The summed E-state index contributed by atoms with van der Waals surface area (Å²) < 4.78 is 17.2. The molecule has 1 N–H and O–H groups in total. The highest BCUT2D eigenvalue weighted by molar-refractivity contribution is 6.31. The van der Waals surface area contributed by atoms with Crippen molar-refractivity contribution < 1.29 is 19.0 Å². The third-order valence-electron chi connectivity index (χ3n) is 5.35. The molecule has 1 aliphatic heterocycles. The number of fused-ring (bicyclic) bond motifs is 1. The Labute approximate surface area is 175 Å². The minimum Gasteiger partial charge on any atom is -0.489 e. The molecule has 2 heterocycles. The second kappa shape index (κ2) is 8.91. The molecular formula is C22H25ClN2O4. The highest BCUT2D eigenvalue weighted by Gasteiger charge is 2.25. The number of aromatic nitrogens is 1. The number of hydrogen-bond donors (Lipinski definition) is 1. The number of nitrogens with zero attached hydrogens (tertiary/aromatic N) is 1. The Morgan fingerprint density at radius 3 is 2.66 bits per heavy atom. The van der Waals surface area contributed by atoms with E-state index in [2.05, 4.69) is 10.3 Å². The van der Waals surface area contributed by atoms with Crippen LogP contribution in [0.1, 0.15) is 36.9 Å². The Bertz CT molecular complexity index is 881. The third kappa shape index (κ3) is 4.93. The van der Waals surface area contributed by atoms with E-state index < -0.39 is 0 Å². The van der Waals surface area contributed by atoms with Crippen LogP contribution in [0.3, 0.4) is 0 Å². The minimum absolute atomic E-state index is 0.0314. The van der Waals surface area contributed by atoms with Crippen LogP contribution in [0.25, 0.3) is 0 Å². The zero-order chi connectivity index (χ0) is 20.2. The molecule has 0 radical (unpaired) electrons. The van der Waals surface area contributed by atoms with Crippen molar-refractivity contribution in [1.29, 1.82) is 0 Å². The average Bonchev–Trinajstić information content (AvgIpc) is 2.72. The summed E-state index contributed by atoms with van der Waals surface area (Å²) in [6.07, 6.45) is 5.76. The van der Waals surface area contributed by atoms with Crippen LogP contribution in [0.2, 0.25) is 5.02 Å². The van der Waals surface area contributed by atoms with Gasteiger partial charge in [-0.25, -0.2) is 0 Å². The molecule has 0 atom stereocenters. The van der Waals surface area contributed by atoms with Gasteiger partial charge in [0.1, 0.15) is 19.0 Å². The molecule has 0 spiro atoms. The molecule has 1 amide bonds. The van der Waals surface area contributed by atoms with Crippen LogP contribution in [0.5, 0.6) is 17.2 Å². The number of hydrogen-bond acceptors (Lipinski definition) is 5. The molecule has 4 rings (SSSR count). The first-order valence-corrected chi connectivity index (χ1v) is 10.4. The van der Waals surface area contributed by atoms with E-state index in [-0.39, 0.29) is 24.5 Å². The molecule has 29 heavy (non-hydrogen) atoms. The number of nitrogens with one attached hydrogen (secondary N) is 1. The quantitative estimate of drug-likeness (QED) is 0.801. The van der Waals surface area contributed by atoms with Gasteiger partial charge in [0.2, 0.25) is 5.91 Å². The van der Waals surface area contributed by atoms with Crippen molar-refractivity contribution in [3.05, 3.63) is 46.7 Å². The lowest BCUT2D eigenvalue weighted by Crippen LogP contribution is -2.40. The Hall–Kier alpha value is -2.47. The molecule has 1 aromatic heterocycles. The van der Waals surface area contributed by atoms with Gasteiger partial charge in [0.25, 0.3) is 0 Å². The van der Waals surface area contributed by atoms with E-state index in [4.69, 9.17) is 25.8 Å². The molecule has 0 bridgehead atoms. The first-order chi connectivity index (χ1) is 14.1. The lowest BCUT2D eigenvalue weighted by molar-refractivity contribution is -0.121. The summed E-state index contributed by atoms with van der Waals surface area (Å²) in [6, 6.07) is 7.53. The van der Waals surface area contributed by atoms with Crippen molar-refractivity contribution in [2.24, 2.45) is 0 Å². The molecule has 1 aromatic carbocycles. The second-order valence-corrected chi connectivity index (χ2v) is 7.92. The van der Waals surface area contributed by atoms with E-state index in [1.807, 2.05) is 19.1 Å². The van der Waals surface area contributed by atoms with Crippen molar-refractivity contribution >= 4 is 17.5 Å². The summed E-state index contributed by atoms with van der Waals surface area (Å²) in [7, 11) is 0. The maximum atomic E-state index is 12.5. The summed E-state index contributed by atoms with van der Waals surface area (Å²) in [4.78, 5) is 16.8. The van der Waals surface area contributed by atoms with Gasteiger partial charge >= 0.3 is 0 Å². The highest BCUT2D eigenvalue weighted by atomic mass is 35.5. The number of benzene rings is 1. The molecular weight excluding hydrogens is 392 g/mol. The first-order valence-electron chi connectivity index (χ1n) is 10.0. The van der Waals surface area contributed by atoms with Gasteiger partial charge in [0.15, 0.2) is 11.5 Å². The van der Waals surface area contributed by atoms with Crippen molar-refractivity contribution in [1.82, 2.24) is 10.3 Å². The summed E-state index contributed by atoms with van der Waals surface area (Å²) in [5.41, 5.74) is 1.65. The predicted octanol–water partition coefficient (Wildman–Crippen LogP) is 3.86. The van der Waals surface area contributed by atoms with E-state index in [0.717, 1.165) is 42.7 Å². The van der Waals surface area contributed by atoms with Crippen LogP contribution < -0.4 is 19.5 Å². The van der Waals surface area contributed by atoms with Crippen LogP contribution in [0, 0.1) is 6.92 Å². The number of pyridine rings is 1. The van der Waals surface area contributed by atoms with Crippen molar-refractivity contribution in [2.75, 3.05) is 13.2 Å². The summed E-state index contributed by atoms with van der Waals surface area (Å²) >= 11 is 6.32. The summed E-state index contributed by atoms with van der Waals surface area (Å²) in [6.45, 7) is 2.96. The fraction of sp³-hybridized carbons (Fsp3) is 0.455.